The Balaban J connectivity index is 2.15. The lowest BCUT2D eigenvalue weighted by Gasteiger charge is -2.22. The van der Waals surface area contributed by atoms with E-state index in [1.54, 1.807) is 44.2 Å². The van der Waals surface area contributed by atoms with Gasteiger partial charge in [0.05, 0.1) is 5.56 Å². The molecule has 0 saturated carbocycles. The fraction of sp³-hybridized carbons (Fsp3) is 0.250. The summed E-state index contributed by atoms with van der Waals surface area (Å²) in [5, 5.41) is 5.26. The summed E-state index contributed by atoms with van der Waals surface area (Å²) < 4.78 is 13.8. The van der Waals surface area contributed by atoms with E-state index in [9.17, 15) is 18.8 Å². The van der Waals surface area contributed by atoms with Crippen molar-refractivity contribution in [2.24, 2.45) is 5.92 Å². The van der Waals surface area contributed by atoms with Crippen molar-refractivity contribution in [1.29, 1.82) is 0 Å². The highest BCUT2D eigenvalue weighted by Gasteiger charge is 2.25. The van der Waals surface area contributed by atoms with Gasteiger partial charge in [0.15, 0.2) is 5.78 Å². The summed E-state index contributed by atoms with van der Waals surface area (Å²) >= 11 is 0. The molecule has 0 aliphatic carbocycles. The van der Waals surface area contributed by atoms with Gasteiger partial charge in [0.2, 0.25) is 5.91 Å². The van der Waals surface area contributed by atoms with Crippen molar-refractivity contribution in [3.05, 3.63) is 65.5 Å². The van der Waals surface area contributed by atoms with Crippen LogP contribution in [0.5, 0.6) is 0 Å². The predicted octanol–water partition coefficient (Wildman–Crippen LogP) is 3.42. The van der Waals surface area contributed by atoms with E-state index >= 15 is 0 Å². The highest BCUT2D eigenvalue weighted by molar-refractivity contribution is 6.02. The number of Topliss-reactive ketones (excluding diaryl/α,β-unsaturated/α-hetero) is 1. The molecule has 2 aromatic carbocycles. The molecule has 0 aliphatic rings. The zero-order valence-corrected chi connectivity index (χ0v) is 14.9. The Morgan fingerprint density at radius 2 is 1.69 bits per heavy atom. The van der Waals surface area contributed by atoms with Gasteiger partial charge in [0, 0.05) is 11.3 Å². The number of carbonyl (C=O) groups excluding carboxylic acids is 3. The van der Waals surface area contributed by atoms with Crippen LogP contribution in [0.2, 0.25) is 0 Å². The molecule has 1 unspecified atom stereocenters. The Morgan fingerprint density at radius 1 is 1.00 bits per heavy atom. The molecule has 6 heteroatoms. The van der Waals surface area contributed by atoms with Gasteiger partial charge in [-0.25, -0.2) is 4.39 Å². The average molecular weight is 356 g/mol. The largest absolute Gasteiger partial charge is 0.340 e. The predicted molar refractivity (Wildman–Crippen MR) is 97.6 cm³/mol. The first-order valence-corrected chi connectivity index (χ1v) is 8.27. The van der Waals surface area contributed by atoms with E-state index < -0.39 is 23.7 Å². The van der Waals surface area contributed by atoms with Gasteiger partial charge >= 0.3 is 0 Å². The lowest BCUT2D eigenvalue weighted by Crippen LogP contribution is -2.47. The van der Waals surface area contributed by atoms with Crippen molar-refractivity contribution in [3.8, 4) is 0 Å². The second-order valence-electron chi connectivity index (χ2n) is 6.30. The molecule has 136 valence electrons. The normalized spacial score (nSPS) is 11.7. The maximum atomic E-state index is 13.8. The minimum atomic E-state index is -0.858. The van der Waals surface area contributed by atoms with E-state index in [-0.39, 0.29) is 17.3 Å². The third-order valence-corrected chi connectivity index (χ3v) is 3.89. The standard InChI is InChI=1S/C20H21FN2O3/c1-12(2)18(23-19(25)16-9-4-5-10-17(16)21)20(26)22-15-8-6-7-14(11-15)13(3)24/h4-12,18H,1-3H3,(H,22,26)(H,23,25). The van der Waals surface area contributed by atoms with Gasteiger partial charge in [0.1, 0.15) is 11.9 Å². The van der Waals surface area contributed by atoms with Crippen LogP contribution >= 0.6 is 0 Å². The first-order valence-electron chi connectivity index (χ1n) is 8.27. The molecule has 0 aromatic heterocycles. The van der Waals surface area contributed by atoms with Crippen molar-refractivity contribution in [1.82, 2.24) is 5.32 Å². The van der Waals surface area contributed by atoms with Crippen LogP contribution < -0.4 is 10.6 Å². The minimum absolute atomic E-state index is 0.116. The van der Waals surface area contributed by atoms with Crippen LogP contribution in [0.3, 0.4) is 0 Å². The monoisotopic (exact) mass is 356 g/mol. The SMILES string of the molecule is CC(=O)c1cccc(NC(=O)C(NC(=O)c2ccccc2F)C(C)C)c1. The van der Waals surface area contributed by atoms with Gasteiger partial charge in [0.25, 0.3) is 5.91 Å². The van der Waals surface area contributed by atoms with Crippen LogP contribution in [0.15, 0.2) is 48.5 Å². The first-order chi connectivity index (χ1) is 12.3. The molecular formula is C20H21FN2O3. The molecule has 0 bridgehead atoms. The number of hydrogen-bond donors (Lipinski definition) is 2. The van der Waals surface area contributed by atoms with E-state index in [2.05, 4.69) is 10.6 Å². The van der Waals surface area contributed by atoms with Crippen LogP contribution in [0.25, 0.3) is 0 Å². The highest BCUT2D eigenvalue weighted by Crippen LogP contribution is 2.14. The second kappa shape index (κ2) is 8.38. The molecule has 0 aliphatic heterocycles. The smallest absolute Gasteiger partial charge is 0.254 e. The van der Waals surface area contributed by atoms with Gasteiger partial charge in [-0.3, -0.25) is 14.4 Å². The molecule has 26 heavy (non-hydrogen) atoms. The number of benzene rings is 2. The Kier molecular flexibility index (Phi) is 6.22. The van der Waals surface area contributed by atoms with Gasteiger partial charge in [-0.15, -0.1) is 0 Å². The Labute approximate surface area is 151 Å². The Hall–Kier alpha value is -3.02. The molecule has 2 amide bonds. The second-order valence-corrected chi connectivity index (χ2v) is 6.30. The number of halogens is 1. The number of hydrogen-bond acceptors (Lipinski definition) is 3. The molecule has 0 radical (unpaired) electrons. The van der Waals surface area contributed by atoms with Gasteiger partial charge in [-0.05, 0) is 37.1 Å². The topological polar surface area (TPSA) is 75.3 Å². The van der Waals surface area contributed by atoms with Crippen LogP contribution in [-0.4, -0.2) is 23.6 Å². The van der Waals surface area contributed by atoms with E-state index in [4.69, 9.17) is 0 Å². The lowest BCUT2D eigenvalue weighted by molar-refractivity contribution is -0.118. The first kappa shape index (κ1) is 19.3. The number of anilines is 1. The fourth-order valence-corrected chi connectivity index (χ4v) is 2.44. The van der Waals surface area contributed by atoms with Crippen LogP contribution in [0, 0.1) is 11.7 Å². The fourth-order valence-electron chi connectivity index (χ4n) is 2.44. The lowest BCUT2D eigenvalue weighted by atomic mass is 10.0. The molecule has 0 fully saturated rings. The summed E-state index contributed by atoms with van der Waals surface area (Å²) in [5.74, 6) is -2.09. The summed E-state index contributed by atoms with van der Waals surface area (Å²) in [5.41, 5.74) is 0.803. The third-order valence-electron chi connectivity index (χ3n) is 3.89. The molecule has 0 saturated heterocycles. The molecule has 0 spiro atoms. The highest BCUT2D eigenvalue weighted by atomic mass is 19.1. The number of rotatable bonds is 6. The number of carbonyl (C=O) groups is 3. The summed E-state index contributed by atoms with van der Waals surface area (Å²) in [6.07, 6.45) is 0. The van der Waals surface area contributed by atoms with Crippen molar-refractivity contribution in [2.45, 2.75) is 26.8 Å². The quantitative estimate of drug-likeness (QED) is 0.779. The van der Waals surface area contributed by atoms with Crippen LogP contribution in [0.4, 0.5) is 10.1 Å². The maximum absolute atomic E-state index is 13.8. The number of nitrogens with one attached hydrogen (secondary N) is 2. The zero-order valence-electron chi connectivity index (χ0n) is 14.9. The van der Waals surface area contributed by atoms with E-state index in [1.807, 2.05) is 0 Å². The summed E-state index contributed by atoms with van der Waals surface area (Å²) in [7, 11) is 0. The van der Waals surface area contributed by atoms with E-state index in [0.717, 1.165) is 0 Å². The molecule has 2 N–H and O–H groups in total. The molecule has 1 atom stereocenters. The van der Waals surface area contributed by atoms with Crippen molar-refractivity contribution in [3.63, 3.8) is 0 Å². The average Bonchev–Trinajstić information content (AvgIpc) is 2.59. The van der Waals surface area contributed by atoms with Gasteiger partial charge in [-0.1, -0.05) is 38.1 Å². The molecule has 0 heterocycles. The molecule has 5 nitrogen and oxygen atoms in total. The summed E-state index contributed by atoms with van der Waals surface area (Å²) in [6, 6.07) is 11.3. The van der Waals surface area contributed by atoms with Crippen LogP contribution in [0.1, 0.15) is 41.5 Å². The number of ketones is 1. The molecular weight excluding hydrogens is 335 g/mol. The molecule has 2 aromatic rings. The van der Waals surface area contributed by atoms with E-state index in [1.165, 1.54) is 25.1 Å². The van der Waals surface area contributed by atoms with E-state index in [0.29, 0.717) is 11.3 Å². The van der Waals surface area contributed by atoms with Gasteiger partial charge in [-0.2, -0.15) is 0 Å². The van der Waals surface area contributed by atoms with Crippen molar-refractivity contribution < 1.29 is 18.8 Å². The Bertz CT molecular complexity index is 833. The van der Waals surface area contributed by atoms with Crippen molar-refractivity contribution in [2.75, 3.05) is 5.32 Å². The van der Waals surface area contributed by atoms with Gasteiger partial charge < -0.3 is 10.6 Å². The van der Waals surface area contributed by atoms with Crippen molar-refractivity contribution >= 4 is 23.3 Å². The summed E-state index contributed by atoms with van der Waals surface area (Å²) in [4.78, 5) is 36.3. The molecule has 2 rings (SSSR count). The minimum Gasteiger partial charge on any atom is -0.340 e. The maximum Gasteiger partial charge on any atom is 0.254 e. The number of amides is 2. The van der Waals surface area contributed by atoms with Crippen LogP contribution in [-0.2, 0) is 4.79 Å². The third kappa shape index (κ3) is 4.75. The zero-order chi connectivity index (χ0) is 19.3. The Morgan fingerprint density at radius 3 is 2.31 bits per heavy atom. The summed E-state index contributed by atoms with van der Waals surface area (Å²) in [6.45, 7) is 4.99.